The van der Waals surface area contributed by atoms with Crippen LogP contribution in [-0.4, -0.2) is 36.9 Å². The van der Waals surface area contributed by atoms with Crippen molar-refractivity contribution in [3.63, 3.8) is 0 Å². The SMILES string of the molecule is CCc1ccccc1NC(=O)CN(C)C(=O)C1=Cc2ccccc2OC1. The number of para-hydroxylation sites is 2. The van der Waals surface area contributed by atoms with Gasteiger partial charge in [-0.25, -0.2) is 0 Å². The lowest BCUT2D eigenvalue weighted by Gasteiger charge is -2.22. The van der Waals surface area contributed by atoms with E-state index in [1.807, 2.05) is 61.5 Å². The van der Waals surface area contributed by atoms with Gasteiger partial charge in [-0.15, -0.1) is 0 Å². The molecular weight excluding hydrogens is 328 g/mol. The summed E-state index contributed by atoms with van der Waals surface area (Å²) in [6, 6.07) is 15.2. The Morgan fingerprint density at radius 2 is 1.85 bits per heavy atom. The van der Waals surface area contributed by atoms with Crippen LogP contribution in [0.1, 0.15) is 18.1 Å². The van der Waals surface area contributed by atoms with Gasteiger partial charge in [0.25, 0.3) is 5.91 Å². The minimum absolute atomic E-state index is 0.0180. The molecule has 0 spiro atoms. The summed E-state index contributed by atoms with van der Waals surface area (Å²) < 4.78 is 5.62. The van der Waals surface area contributed by atoms with Gasteiger partial charge in [-0.2, -0.15) is 0 Å². The number of benzene rings is 2. The largest absolute Gasteiger partial charge is 0.488 e. The number of fused-ring (bicyclic) bond motifs is 1. The first-order valence-electron chi connectivity index (χ1n) is 8.64. The highest BCUT2D eigenvalue weighted by Gasteiger charge is 2.21. The fourth-order valence-corrected chi connectivity index (χ4v) is 2.91. The van der Waals surface area contributed by atoms with Gasteiger partial charge in [0.05, 0.1) is 12.1 Å². The van der Waals surface area contributed by atoms with Gasteiger partial charge in [0.2, 0.25) is 5.91 Å². The summed E-state index contributed by atoms with van der Waals surface area (Å²) in [6.45, 7) is 2.23. The third-order valence-corrected chi connectivity index (χ3v) is 4.31. The summed E-state index contributed by atoms with van der Waals surface area (Å²) in [6.07, 6.45) is 2.65. The smallest absolute Gasteiger partial charge is 0.253 e. The average molecular weight is 350 g/mol. The Hall–Kier alpha value is -3.08. The van der Waals surface area contributed by atoms with Gasteiger partial charge >= 0.3 is 0 Å². The monoisotopic (exact) mass is 350 g/mol. The number of hydrogen-bond donors (Lipinski definition) is 1. The second-order valence-electron chi connectivity index (χ2n) is 6.22. The van der Waals surface area contributed by atoms with E-state index in [1.54, 1.807) is 7.05 Å². The van der Waals surface area contributed by atoms with Crippen LogP contribution in [0.15, 0.2) is 54.1 Å². The molecule has 5 nitrogen and oxygen atoms in total. The zero-order chi connectivity index (χ0) is 18.5. The number of rotatable bonds is 5. The van der Waals surface area contributed by atoms with Crippen molar-refractivity contribution in [1.29, 1.82) is 0 Å². The molecule has 0 radical (unpaired) electrons. The van der Waals surface area contributed by atoms with Gasteiger partial charge < -0.3 is 15.0 Å². The predicted molar refractivity (Wildman–Crippen MR) is 102 cm³/mol. The highest BCUT2D eigenvalue weighted by molar-refractivity contribution is 6.02. The number of ether oxygens (including phenoxy) is 1. The van der Waals surface area contributed by atoms with Crippen LogP contribution in [0.3, 0.4) is 0 Å². The molecule has 0 fully saturated rings. The number of nitrogens with zero attached hydrogens (tertiary/aromatic N) is 1. The third kappa shape index (κ3) is 3.94. The van der Waals surface area contributed by atoms with E-state index in [0.29, 0.717) is 5.57 Å². The lowest BCUT2D eigenvalue weighted by atomic mass is 10.1. The molecule has 26 heavy (non-hydrogen) atoms. The molecule has 0 saturated carbocycles. The Bertz CT molecular complexity index is 858. The molecule has 1 N–H and O–H groups in total. The molecule has 3 rings (SSSR count). The summed E-state index contributed by atoms with van der Waals surface area (Å²) in [5, 5.41) is 2.88. The van der Waals surface area contributed by atoms with Crippen molar-refractivity contribution in [2.24, 2.45) is 0 Å². The fraction of sp³-hybridized carbons (Fsp3) is 0.238. The maximum atomic E-state index is 12.6. The Balaban J connectivity index is 1.64. The maximum Gasteiger partial charge on any atom is 0.253 e. The van der Waals surface area contributed by atoms with E-state index in [4.69, 9.17) is 4.74 Å². The topological polar surface area (TPSA) is 58.6 Å². The molecule has 1 aliphatic rings. The molecule has 0 atom stereocenters. The van der Waals surface area contributed by atoms with Crippen LogP contribution in [0, 0.1) is 0 Å². The molecule has 5 heteroatoms. The lowest BCUT2D eigenvalue weighted by molar-refractivity contribution is -0.130. The fourth-order valence-electron chi connectivity index (χ4n) is 2.91. The quantitative estimate of drug-likeness (QED) is 0.901. The Kier molecular flexibility index (Phi) is 5.37. The van der Waals surface area contributed by atoms with E-state index in [2.05, 4.69) is 5.32 Å². The van der Waals surface area contributed by atoms with Crippen molar-refractivity contribution >= 4 is 23.6 Å². The number of carbonyl (C=O) groups is 2. The molecule has 0 bridgehead atoms. The number of likely N-dealkylation sites (N-methyl/N-ethyl adjacent to an activating group) is 1. The van der Waals surface area contributed by atoms with Gasteiger partial charge in [-0.3, -0.25) is 9.59 Å². The highest BCUT2D eigenvalue weighted by atomic mass is 16.5. The third-order valence-electron chi connectivity index (χ3n) is 4.31. The van der Waals surface area contributed by atoms with Crippen molar-refractivity contribution in [3.05, 3.63) is 65.2 Å². The van der Waals surface area contributed by atoms with Crippen LogP contribution in [0.4, 0.5) is 5.69 Å². The molecule has 2 amide bonds. The lowest BCUT2D eigenvalue weighted by Crippen LogP contribution is -2.37. The van der Waals surface area contributed by atoms with Crippen LogP contribution >= 0.6 is 0 Å². The minimum atomic E-state index is -0.223. The Labute approximate surface area is 153 Å². The van der Waals surface area contributed by atoms with Gasteiger partial charge in [0, 0.05) is 18.3 Å². The van der Waals surface area contributed by atoms with E-state index < -0.39 is 0 Å². The van der Waals surface area contributed by atoms with Crippen molar-refractivity contribution < 1.29 is 14.3 Å². The van der Waals surface area contributed by atoms with Crippen molar-refractivity contribution in [2.75, 3.05) is 25.5 Å². The van der Waals surface area contributed by atoms with E-state index in [0.717, 1.165) is 29.0 Å². The zero-order valence-electron chi connectivity index (χ0n) is 15.0. The van der Waals surface area contributed by atoms with Gasteiger partial charge in [0.1, 0.15) is 12.4 Å². The van der Waals surface area contributed by atoms with Gasteiger partial charge in [0.15, 0.2) is 0 Å². The first-order valence-corrected chi connectivity index (χ1v) is 8.64. The number of aryl methyl sites for hydroxylation is 1. The molecule has 0 aromatic heterocycles. The Morgan fingerprint density at radius 1 is 1.12 bits per heavy atom. The van der Waals surface area contributed by atoms with Gasteiger partial charge in [-0.1, -0.05) is 43.3 Å². The highest BCUT2D eigenvalue weighted by Crippen LogP contribution is 2.26. The number of anilines is 1. The van der Waals surface area contributed by atoms with E-state index in [-0.39, 0.29) is 25.0 Å². The first kappa shape index (κ1) is 17.7. The molecule has 2 aromatic carbocycles. The van der Waals surface area contributed by atoms with E-state index in [1.165, 1.54) is 4.90 Å². The summed E-state index contributed by atoms with van der Waals surface area (Å²) in [5.74, 6) is 0.332. The number of hydrogen-bond acceptors (Lipinski definition) is 3. The minimum Gasteiger partial charge on any atom is -0.488 e. The van der Waals surface area contributed by atoms with Crippen LogP contribution in [0.2, 0.25) is 0 Å². The molecule has 1 aliphatic heterocycles. The molecule has 2 aromatic rings. The average Bonchev–Trinajstić information content (AvgIpc) is 2.67. The summed E-state index contributed by atoms with van der Waals surface area (Å²) in [4.78, 5) is 26.3. The molecule has 1 heterocycles. The number of carbonyl (C=O) groups excluding carboxylic acids is 2. The molecule has 0 unspecified atom stereocenters. The van der Waals surface area contributed by atoms with Crippen molar-refractivity contribution in [1.82, 2.24) is 4.90 Å². The van der Waals surface area contributed by atoms with Crippen LogP contribution in [0.5, 0.6) is 5.75 Å². The predicted octanol–water partition coefficient (Wildman–Crippen LogP) is 3.12. The first-order chi connectivity index (χ1) is 12.6. The van der Waals surface area contributed by atoms with Gasteiger partial charge in [-0.05, 0) is 30.2 Å². The summed E-state index contributed by atoms with van der Waals surface area (Å²) in [7, 11) is 1.62. The van der Waals surface area contributed by atoms with Crippen molar-refractivity contribution in [2.45, 2.75) is 13.3 Å². The maximum absolute atomic E-state index is 12.6. The summed E-state index contributed by atoms with van der Waals surface area (Å²) >= 11 is 0. The normalized spacial score (nSPS) is 12.5. The molecule has 0 aliphatic carbocycles. The number of nitrogens with one attached hydrogen (secondary N) is 1. The van der Waals surface area contributed by atoms with Crippen LogP contribution in [-0.2, 0) is 16.0 Å². The second kappa shape index (κ2) is 7.87. The molecule has 134 valence electrons. The molecular formula is C21H22N2O3. The number of amides is 2. The Morgan fingerprint density at radius 3 is 2.65 bits per heavy atom. The van der Waals surface area contributed by atoms with Crippen LogP contribution < -0.4 is 10.1 Å². The second-order valence-corrected chi connectivity index (χ2v) is 6.22. The standard InChI is InChI=1S/C21H22N2O3/c1-3-15-8-4-6-10-18(15)22-20(24)13-23(2)21(25)17-12-16-9-5-7-11-19(16)26-14-17/h4-12H,3,13-14H2,1-2H3,(H,22,24). The summed E-state index contributed by atoms with van der Waals surface area (Å²) in [5.41, 5.74) is 3.26. The van der Waals surface area contributed by atoms with Crippen LogP contribution in [0.25, 0.3) is 6.08 Å². The zero-order valence-corrected chi connectivity index (χ0v) is 15.0. The van der Waals surface area contributed by atoms with Crippen molar-refractivity contribution in [3.8, 4) is 5.75 Å². The van der Waals surface area contributed by atoms with E-state index >= 15 is 0 Å². The van der Waals surface area contributed by atoms with E-state index in [9.17, 15) is 9.59 Å². The molecule has 0 saturated heterocycles.